The summed E-state index contributed by atoms with van der Waals surface area (Å²) in [6.07, 6.45) is 1.41. The zero-order valence-electron chi connectivity index (χ0n) is 7.97. The summed E-state index contributed by atoms with van der Waals surface area (Å²) in [5.41, 5.74) is 5.39. The third-order valence-electron chi connectivity index (χ3n) is 1.65. The van der Waals surface area contributed by atoms with Gasteiger partial charge >= 0.3 is 5.97 Å². The molecule has 7 heteroatoms. The minimum atomic E-state index is -1.02. The fraction of sp³-hybridized carbons (Fsp3) is 0.625. The number of rotatable bonds is 7. The number of nitrogens with two attached hydrogens (primary N) is 1. The minimum absolute atomic E-state index is 0.0271. The summed E-state index contributed by atoms with van der Waals surface area (Å²) in [4.78, 5) is 31.7. The van der Waals surface area contributed by atoms with Gasteiger partial charge in [0.1, 0.15) is 6.04 Å². The van der Waals surface area contributed by atoms with Crippen LogP contribution >= 0.6 is 12.6 Å². The molecule has 0 aliphatic carbocycles. The Bertz CT molecular complexity index is 247. The summed E-state index contributed by atoms with van der Waals surface area (Å²) in [6, 6.07) is -1.74. The van der Waals surface area contributed by atoms with Gasteiger partial charge in [0.05, 0.1) is 6.04 Å². The van der Waals surface area contributed by atoms with Crippen molar-refractivity contribution in [3.63, 3.8) is 0 Å². The highest BCUT2D eigenvalue weighted by Crippen LogP contribution is 1.95. The standard InChI is InChI=1S/C8H13N2O4S/c9-6(1-2-7(12)13)8(14)10-5(3-11)4-15/h5-6,15H,1-2,4,9H2,(H,10,14)(H,12,13). The van der Waals surface area contributed by atoms with Gasteiger partial charge in [0, 0.05) is 12.2 Å². The Morgan fingerprint density at radius 3 is 2.53 bits per heavy atom. The van der Waals surface area contributed by atoms with Crippen LogP contribution < -0.4 is 11.1 Å². The molecular formula is C8H13N2O4S. The molecule has 0 bridgehead atoms. The zero-order valence-corrected chi connectivity index (χ0v) is 8.87. The SMILES string of the molecule is NC(CCC(=O)O)C(=O)NC([C]=O)CS. The molecular weight excluding hydrogens is 220 g/mol. The molecule has 0 fully saturated rings. The molecule has 2 unspecified atom stereocenters. The summed E-state index contributed by atoms with van der Waals surface area (Å²) in [7, 11) is 0. The molecule has 1 amide bonds. The van der Waals surface area contributed by atoms with Gasteiger partial charge in [0.25, 0.3) is 0 Å². The second kappa shape index (κ2) is 7.24. The molecule has 0 aliphatic rings. The zero-order chi connectivity index (χ0) is 11.8. The fourth-order valence-electron chi connectivity index (χ4n) is 0.801. The number of carbonyl (C=O) groups is 2. The average molecular weight is 233 g/mol. The van der Waals surface area contributed by atoms with Gasteiger partial charge in [-0.15, -0.1) is 0 Å². The van der Waals surface area contributed by atoms with E-state index in [9.17, 15) is 14.4 Å². The lowest BCUT2D eigenvalue weighted by Crippen LogP contribution is -2.46. The quantitative estimate of drug-likeness (QED) is 0.409. The predicted octanol–water partition coefficient (Wildman–Crippen LogP) is -1.30. The maximum atomic E-state index is 11.2. The Labute approximate surface area is 92.6 Å². The molecule has 0 spiro atoms. The monoisotopic (exact) mass is 233 g/mol. The molecule has 1 radical (unpaired) electrons. The van der Waals surface area contributed by atoms with Crippen LogP contribution in [0.3, 0.4) is 0 Å². The number of carbonyl (C=O) groups excluding carboxylic acids is 2. The molecule has 6 nitrogen and oxygen atoms in total. The van der Waals surface area contributed by atoms with Crippen molar-refractivity contribution in [3.8, 4) is 0 Å². The first-order valence-corrected chi connectivity index (χ1v) is 4.90. The van der Waals surface area contributed by atoms with Crippen LogP contribution in [-0.2, 0) is 14.4 Å². The molecule has 85 valence electrons. The summed E-state index contributed by atoms with van der Waals surface area (Å²) in [5, 5.41) is 10.6. The Hall–Kier alpha value is -1.08. The minimum Gasteiger partial charge on any atom is -0.481 e. The Kier molecular flexibility index (Phi) is 6.72. The molecule has 0 aromatic rings. The summed E-state index contributed by atoms with van der Waals surface area (Å²) in [5.74, 6) is -1.47. The highest BCUT2D eigenvalue weighted by atomic mass is 32.1. The van der Waals surface area contributed by atoms with Gasteiger partial charge < -0.3 is 16.2 Å². The number of nitrogens with one attached hydrogen (secondary N) is 1. The first-order chi connectivity index (χ1) is 7.01. The summed E-state index contributed by atoms with van der Waals surface area (Å²) < 4.78 is 0. The van der Waals surface area contributed by atoms with E-state index in [1.807, 2.05) is 0 Å². The van der Waals surface area contributed by atoms with Crippen molar-refractivity contribution in [2.75, 3.05) is 5.75 Å². The van der Waals surface area contributed by atoms with Crippen molar-refractivity contribution in [1.82, 2.24) is 5.32 Å². The summed E-state index contributed by atoms with van der Waals surface area (Å²) >= 11 is 3.81. The highest BCUT2D eigenvalue weighted by Gasteiger charge is 2.18. The number of carboxylic acid groups (broad SMARTS) is 1. The van der Waals surface area contributed by atoms with Crippen molar-refractivity contribution in [2.45, 2.75) is 24.9 Å². The van der Waals surface area contributed by atoms with Gasteiger partial charge in [-0.05, 0) is 6.42 Å². The Balaban J connectivity index is 3.97. The van der Waals surface area contributed by atoms with E-state index in [4.69, 9.17) is 10.8 Å². The molecule has 0 saturated heterocycles. The van der Waals surface area contributed by atoms with Crippen LogP contribution in [0.2, 0.25) is 0 Å². The van der Waals surface area contributed by atoms with E-state index in [2.05, 4.69) is 17.9 Å². The van der Waals surface area contributed by atoms with Crippen LogP contribution in [0.15, 0.2) is 0 Å². The first kappa shape index (κ1) is 13.9. The van der Waals surface area contributed by atoms with Crippen molar-refractivity contribution in [2.24, 2.45) is 5.73 Å². The number of thiol groups is 1. The second-order valence-electron chi connectivity index (χ2n) is 2.90. The van der Waals surface area contributed by atoms with Crippen molar-refractivity contribution < 1.29 is 19.5 Å². The fourth-order valence-corrected chi connectivity index (χ4v) is 0.967. The van der Waals surface area contributed by atoms with E-state index in [1.54, 1.807) is 6.29 Å². The number of aliphatic carboxylic acids is 1. The van der Waals surface area contributed by atoms with Crippen molar-refractivity contribution in [1.29, 1.82) is 0 Å². The molecule has 0 aliphatic heterocycles. The van der Waals surface area contributed by atoms with E-state index in [0.29, 0.717) is 0 Å². The highest BCUT2D eigenvalue weighted by molar-refractivity contribution is 7.80. The van der Waals surface area contributed by atoms with E-state index < -0.39 is 24.0 Å². The predicted molar refractivity (Wildman–Crippen MR) is 56.3 cm³/mol. The van der Waals surface area contributed by atoms with Crippen molar-refractivity contribution in [3.05, 3.63) is 0 Å². The first-order valence-electron chi connectivity index (χ1n) is 4.27. The number of hydrogen-bond acceptors (Lipinski definition) is 5. The topological polar surface area (TPSA) is 109 Å². The lowest BCUT2D eigenvalue weighted by molar-refractivity contribution is -0.137. The van der Waals surface area contributed by atoms with Crippen LogP contribution in [0, 0.1) is 0 Å². The third-order valence-corrected chi connectivity index (χ3v) is 2.01. The van der Waals surface area contributed by atoms with Gasteiger partial charge in [-0.2, -0.15) is 12.6 Å². The van der Waals surface area contributed by atoms with Gasteiger partial charge in [-0.3, -0.25) is 14.4 Å². The second-order valence-corrected chi connectivity index (χ2v) is 3.27. The number of amides is 1. The van der Waals surface area contributed by atoms with Crippen LogP contribution in [0.4, 0.5) is 0 Å². The summed E-state index contributed by atoms with van der Waals surface area (Å²) in [6.45, 7) is 0. The van der Waals surface area contributed by atoms with E-state index in [-0.39, 0.29) is 18.6 Å². The Morgan fingerprint density at radius 2 is 2.13 bits per heavy atom. The van der Waals surface area contributed by atoms with Gasteiger partial charge in [-0.25, -0.2) is 0 Å². The lowest BCUT2D eigenvalue weighted by Gasteiger charge is -2.13. The van der Waals surface area contributed by atoms with Gasteiger partial charge in [-0.1, -0.05) is 0 Å². The Morgan fingerprint density at radius 1 is 1.53 bits per heavy atom. The largest absolute Gasteiger partial charge is 0.481 e. The normalized spacial score (nSPS) is 14.0. The molecule has 2 atom stereocenters. The van der Waals surface area contributed by atoms with Gasteiger partial charge in [0.15, 0.2) is 0 Å². The number of hydrogen-bond donors (Lipinski definition) is 4. The average Bonchev–Trinajstić information content (AvgIpc) is 2.21. The van der Waals surface area contributed by atoms with Crippen molar-refractivity contribution >= 4 is 30.8 Å². The molecule has 0 heterocycles. The van der Waals surface area contributed by atoms with Crippen LogP contribution in [-0.4, -0.2) is 41.1 Å². The maximum Gasteiger partial charge on any atom is 0.303 e. The van der Waals surface area contributed by atoms with Crippen LogP contribution in [0.25, 0.3) is 0 Å². The third kappa shape index (κ3) is 6.08. The van der Waals surface area contributed by atoms with E-state index >= 15 is 0 Å². The van der Waals surface area contributed by atoms with Gasteiger partial charge in [0.2, 0.25) is 12.2 Å². The van der Waals surface area contributed by atoms with Crippen LogP contribution in [0.1, 0.15) is 12.8 Å². The molecule has 15 heavy (non-hydrogen) atoms. The molecule has 0 saturated carbocycles. The van der Waals surface area contributed by atoms with Crippen LogP contribution in [0.5, 0.6) is 0 Å². The van der Waals surface area contributed by atoms with E-state index in [0.717, 1.165) is 0 Å². The molecule has 0 aromatic heterocycles. The number of carboxylic acids is 1. The molecule has 0 aromatic carbocycles. The molecule has 4 N–H and O–H groups in total. The smallest absolute Gasteiger partial charge is 0.303 e. The molecule has 0 rings (SSSR count). The maximum absolute atomic E-state index is 11.2. The lowest BCUT2D eigenvalue weighted by atomic mass is 10.1. The van der Waals surface area contributed by atoms with E-state index in [1.165, 1.54) is 0 Å².